The Morgan fingerprint density at radius 3 is 2.59 bits per heavy atom. The highest BCUT2D eigenvalue weighted by Gasteiger charge is 2.09. The zero-order valence-corrected chi connectivity index (χ0v) is 16.2. The molecule has 1 heterocycles. The van der Waals surface area contributed by atoms with E-state index in [2.05, 4.69) is 28.1 Å². The van der Waals surface area contributed by atoms with Gasteiger partial charge in [0.2, 0.25) is 5.89 Å². The molecule has 4 rings (SSSR count). The number of hydrogen-bond donors (Lipinski definition) is 0. The molecule has 29 heavy (non-hydrogen) atoms. The summed E-state index contributed by atoms with van der Waals surface area (Å²) in [6, 6.07) is 23.0. The Kier molecular flexibility index (Phi) is 5.89. The number of rotatable bonds is 5. The summed E-state index contributed by atoms with van der Waals surface area (Å²) in [7, 11) is 0. The fourth-order valence-corrected chi connectivity index (χ4v) is 3.20. The first-order chi connectivity index (χ1) is 14.3. The number of thioether (sulfide) groups is 1. The highest BCUT2D eigenvalue weighted by Crippen LogP contribution is 2.26. The van der Waals surface area contributed by atoms with E-state index in [1.807, 2.05) is 42.5 Å². The molecule has 3 aromatic carbocycles. The van der Waals surface area contributed by atoms with E-state index < -0.39 is 0 Å². The summed E-state index contributed by atoms with van der Waals surface area (Å²) in [5.74, 6) is 6.28. The lowest BCUT2D eigenvalue weighted by atomic mass is 10.1. The molecule has 1 aromatic heterocycles. The van der Waals surface area contributed by atoms with Crippen LogP contribution in [0.3, 0.4) is 0 Å². The first-order valence-electron chi connectivity index (χ1n) is 8.93. The van der Waals surface area contributed by atoms with Crippen LogP contribution in [0.15, 0.2) is 82.4 Å². The number of hydrogen-bond acceptors (Lipinski definition) is 6. The second-order valence-electron chi connectivity index (χ2n) is 6.02. The number of ether oxygens (including phenoxy) is 1. The number of carbonyl (C=O) groups is 1. The van der Waals surface area contributed by atoms with Gasteiger partial charge in [-0.05, 0) is 35.0 Å². The number of nitrogens with zero attached hydrogens (tertiary/aromatic N) is 2. The molecule has 142 valence electrons. The van der Waals surface area contributed by atoms with Gasteiger partial charge in [0, 0.05) is 5.56 Å². The van der Waals surface area contributed by atoms with Crippen LogP contribution in [0.25, 0.3) is 22.2 Å². The van der Waals surface area contributed by atoms with Crippen LogP contribution in [0.1, 0.15) is 10.4 Å². The minimum Gasteiger partial charge on any atom is -0.449 e. The monoisotopic (exact) mass is 400 g/mol. The van der Waals surface area contributed by atoms with Gasteiger partial charge in [0.05, 0.1) is 11.3 Å². The number of esters is 1. The molecule has 0 amide bonds. The summed E-state index contributed by atoms with van der Waals surface area (Å²) in [6.07, 6.45) is 0. The molecule has 0 saturated carbocycles. The van der Waals surface area contributed by atoms with Crippen molar-refractivity contribution in [1.82, 2.24) is 10.2 Å². The molecule has 0 aliphatic carbocycles. The Labute approximate surface area is 172 Å². The van der Waals surface area contributed by atoms with E-state index in [1.165, 1.54) is 11.8 Å². The maximum absolute atomic E-state index is 11.8. The molecule has 0 spiro atoms. The SMILES string of the molecule is O=C(OCC#CCSc1nnc(-c2ccc3ccccc3c2)o1)c1ccccc1. The summed E-state index contributed by atoms with van der Waals surface area (Å²) in [4.78, 5) is 11.8. The van der Waals surface area contributed by atoms with Crippen molar-refractivity contribution < 1.29 is 13.9 Å². The molecule has 0 fully saturated rings. The summed E-state index contributed by atoms with van der Waals surface area (Å²) in [5, 5.41) is 10.9. The quantitative estimate of drug-likeness (QED) is 0.271. The molecule has 0 saturated heterocycles. The molecule has 0 N–H and O–H groups in total. The van der Waals surface area contributed by atoms with E-state index in [0.717, 1.165) is 16.3 Å². The summed E-state index contributed by atoms with van der Waals surface area (Å²) in [5.41, 5.74) is 1.39. The van der Waals surface area contributed by atoms with Gasteiger partial charge in [0.25, 0.3) is 5.22 Å². The van der Waals surface area contributed by atoms with Gasteiger partial charge in [-0.2, -0.15) is 0 Å². The van der Waals surface area contributed by atoms with E-state index in [0.29, 0.717) is 22.4 Å². The van der Waals surface area contributed by atoms with Crippen molar-refractivity contribution in [3.8, 4) is 23.3 Å². The van der Waals surface area contributed by atoms with Gasteiger partial charge in [0.1, 0.15) is 0 Å². The molecule has 0 radical (unpaired) electrons. The average molecular weight is 400 g/mol. The van der Waals surface area contributed by atoms with Crippen molar-refractivity contribution in [2.24, 2.45) is 0 Å². The lowest BCUT2D eigenvalue weighted by molar-refractivity contribution is 0.0556. The first kappa shape index (κ1) is 18.8. The summed E-state index contributed by atoms with van der Waals surface area (Å²) < 4.78 is 10.8. The average Bonchev–Trinajstić information content (AvgIpc) is 3.25. The Hall–Kier alpha value is -3.56. The molecule has 0 atom stereocenters. The second kappa shape index (κ2) is 9.09. The van der Waals surface area contributed by atoms with Crippen LogP contribution in [0.2, 0.25) is 0 Å². The Balaban J connectivity index is 1.29. The molecule has 6 heteroatoms. The Bertz CT molecular complexity index is 1190. The maximum Gasteiger partial charge on any atom is 0.339 e. The van der Waals surface area contributed by atoms with Gasteiger partial charge < -0.3 is 9.15 Å². The van der Waals surface area contributed by atoms with Gasteiger partial charge in [-0.15, -0.1) is 10.2 Å². The predicted octanol–water partition coefficient (Wildman–Crippen LogP) is 4.84. The van der Waals surface area contributed by atoms with Gasteiger partial charge in [-0.25, -0.2) is 4.79 Å². The van der Waals surface area contributed by atoms with Crippen molar-refractivity contribution in [3.63, 3.8) is 0 Å². The van der Waals surface area contributed by atoms with Crippen LogP contribution in [0.4, 0.5) is 0 Å². The minimum atomic E-state index is -0.385. The standard InChI is InChI=1S/C23H16N2O3S/c26-22(18-9-2-1-3-10-18)27-14-6-7-15-29-23-25-24-21(28-23)20-13-12-17-8-4-5-11-19(17)16-20/h1-5,8-13,16H,14-15H2. The third-order valence-electron chi connectivity index (χ3n) is 4.08. The van der Waals surface area contributed by atoms with Crippen LogP contribution in [0.5, 0.6) is 0 Å². The Morgan fingerprint density at radius 2 is 1.72 bits per heavy atom. The van der Waals surface area contributed by atoms with Crippen molar-refractivity contribution >= 4 is 28.5 Å². The van der Waals surface area contributed by atoms with E-state index >= 15 is 0 Å². The number of carbonyl (C=O) groups excluding carboxylic acids is 1. The fourth-order valence-electron chi connectivity index (χ4n) is 2.67. The molecular formula is C23H16N2O3S. The number of fused-ring (bicyclic) bond motifs is 1. The van der Waals surface area contributed by atoms with Gasteiger partial charge >= 0.3 is 5.97 Å². The smallest absolute Gasteiger partial charge is 0.339 e. The zero-order valence-electron chi connectivity index (χ0n) is 15.4. The van der Waals surface area contributed by atoms with E-state index in [9.17, 15) is 4.79 Å². The third-order valence-corrected chi connectivity index (χ3v) is 4.78. The van der Waals surface area contributed by atoms with Crippen molar-refractivity contribution in [3.05, 3.63) is 78.4 Å². The molecule has 5 nitrogen and oxygen atoms in total. The van der Waals surface area contributed by atoms with Crippen molar-refractivity contribution in [1.29, 1.82) is 0 Å². The summed E-state index contributed by atoms with van der Waals surface area (Å²) in [6.45, 7) is 0.0421. The lowest BCUT2D eigenvalue weighted by Crippen LogP contribution is -2.04. The fraction of sp³-hybridized carbons (Fsp3) is 0.0870. The second-order valence-corrected chi connectivity index (χ2v) is 6.95. The largest absolute Gasteiger partial charge is 0.449 e. The van der Waals surface area contributed by atoms with Crippen LogP contribution < -0.4 is 0 Å². The van der Waals surface area contributed by atoms with Crippen LogP contribution in [-0.4, -0.2) is 28.5 Å². The molecule has 0 aliphatic rings. The highest BCUT2D eigenvalue weighted by atomic mass is 32.2. The molecule has 0 aliphatic heterocycles. The topological polar surface area (TPSA) is 65.2 Å². The van der Waals surface area contributed by atoms with E-state index in [1.54, 1.807) is 24.3 Å². The minimum absolute atomic E-state index is 0.0421. The predicted molar refractivity (Wildman–Crippen MR) is 112 cm³/mol. The van der Waals surface area contributed by atoms with Gasteiger partial charge in [0.15, 0.2) is 6.61 Å². The summed E-state index contributed by atoms with van der Waals surface area (Å²) >= 11 is 1.34. The normalized spacial score (nSPS) is 10.3. The van der Waals surface area contributed by atoms with Crippen molar-refractivity contribution in [2.45, 2.75) is 5.22 Å². The van der Waals surface area contributed by atoms with Gasteiger partial charge in [-0.1, -0.05) is 72.1 Å². The van der Waals surface area contributed by atoms with E-state index in [4.69, 9.17) is 9.15 Å². The van der Waals surface area contributed by atoms with Crippen LogP contribution in [-0.2, 0) is 4.74 Å². The third kappa shape index (κ3) is 4.84. The highest BCUT2D eigenvalue weighted by molar-refractivity contribution is 7.99. The number of aromatic nitrogens is 2. The molecule has 0 bridgehead atoms. The lowest BCUT2D eigenvalue weighted by Gasteiger charge is -1.99. The zero-order chi connectivity index (χ0) is 19.9. The number of benzene rings is 3. The Morgan fingerprint density at radius 1 is 0.931 bits per heavy atom. The maximum atomic E-state index is 11.8. The molecule has 4 aromatic rings. The first-order valence-corrected chi connectivity index (χ1v) is 9.91. The van der Waals surface area contributed by atoms with Crippen molar-refractivity contribution in [2.75, 3.05) is 12.4 Å². The van der Waals surface area contributed by atoms with Crippen LogP contribution in [0, 0.1) is 11.8 Å². The molecular weight excluding hydrogens is 384 g/mol. The van der Waals surface area contributed by atoms with Gasteiger partial charge in [-0.3, -0.25) is 0 Å². The van der Waals surface area contributed by atoms with E-state index in [-0.39, 0.29) is 12.6 Å². The molecule has 0 unspecified atom stereocenters. The van der Waals surface area contributed by atoms with Crippen LogP contribution >= 0.6 is 11.8 Å².